The van der Waals surface area contributed by atoms with Crippen molar-refractivity contribution in [1.29, 1.82) is 0 Å². The maximum absolute atomic E-state index is 12.7. The summed E-state index contributed by atoms with van der Waals surface area (Å²) < 4.78 is 25.3. The topological polar surface area (TPSA) is 108 Å². The van der Waals surface area contributed by atoms with Crippen LogP contribution < -0.4 is 16.0 Å². The minimum atomic E-state index is -3.56. The standard InChI is InChI=1S/C25H31ClN4O4S/c26-20-8-5-18(6-9-20)16-35(33,34)17-23-25(32)29-22-15-19(7-10-21(22)28-23)24(31)27-11-4-14-30-12-2-1-3-13-30/h5-10,15,23,28H,1-4,11-14,16-17H2,(H,27,31)(H,29,32)/t23-/m0/s1. The molecule has 0 aromatic heterocycles. The molecular formula is C25H31ClN4O4S. The molecular weight excluding hydrogens is 488 g/mol. The van der Waals surface area contributed by atoms with Crippen LogP contribution in [0.1, 0.15) is 41.6 Å². The Morgan fingerprint density at radius 3 is 2.54 bits per heavy atom. The van der Waals surface area contributed by atoms with E-state index in [0.717, 1.165) is 26.1 Å². The molecule has 188 valence electrons. The molecule has 2 aliphatic heterocycles. The molecule has 1 saturated heterocycles. The predicted molar refractivity (Wildman–Crippen MR) is 139 cm³/mol. The number of piperidine rings is 1. The molecule has 8 nitrogen and oxygen atoms in total. The van der Waals surface area contributed by atoms with Crippen molar-refractivity contribution >= 4 is 44.6 Å². The van der Waals surface area contributed by atoms with Crippen LogP contribution in [0.5, 0.6) is 0 Å². The van der Waals surface area contributed by atoms with Crippen molar-refractivity contribution in [1.82, 2.24) is 10.2 Å². The van der Waals surface area contributed by atoms with E-state index in [-0.39, 0.29) is 17.4 Å². The molecule has 1 fully saturated rings. The van der Waals surface area contributed by atoms with E-state index in [1.54, 1.807) is 42.5 Å². The fraction of sp³-hybridized carbons (Fsp3) is 0.440. The highest BCUT2D eigenvalue weighted by molar-refractivity contribution is 7.90. The Balaban J connectivity index is 1.30. The molecule has 0 saturated carbocycles. The van der Waals surface area contributed by atoms with Crippen molar-refractivity contribution in [3.63, 3.8) is 0 Å². The Morgan fingerprint density at radius 1 is 1.06 bits per heavy atom. The highest BCUT2D eigenvalue weighted by Gasteiger charge is 2.30. The van der Waals surface area contributed by atoms with Gasteiger partial charge in [-0.25, -0.2) is 8.42 Å². The van der Waals surface area contributed by atoms with Crippen molar-refractivity contribution in [2.75, 3.05) is 42.6 Å². The lowest BCUT2D eigenvalue weighted by Crippen LogP contribution is -2.43. The van der Waals surface area contributed by atoms with E-state index in [4.69, 9.17) is 11.6 Å². The van der Waals surface area contributed by atoms with Crippen molar-refractivity contribution in [2.24, 2.45) is 0 Å². The van der Waals surface area contributed by atoms with Crippen LogP contribution in [0.2, 0.25) is 5.02 Å². The summed E-state index contributed by atoms with van der Waals surface area (Å²) in [6, 6.07) is 10.6. The van der Waals surface area contributed by atoms with Gasteiger partial charge in [0, 0.05) is 17.1 Å². The molecule has 0 unspecified atom stereocenters. The van der Waals surface area contributed by atoms with Crippen molar-refractivity contribution < 1.29 is 18.0 Å². The number of carbonyl (C=O) groups excluding carboxylic acids is 2. The Bertz CT molecular complexity index is 1160. The van der Waals surface area contributed by atoms with Gasteiger partial charge in [0.25, 0.3) is 5.91 Å². The smallest absolute Gasteiger partial charge is 0.251 e. The monoisotopic (exact) mass is 518 g/mol. The van der Waals surface area contributed by atoms with Crippen LogP contribution in [0.4, 0.5) is 11.4 Å². The molecule has 0 bridgehead atoms. The molecule has 2 aromatic rings. The van der Waals surface area contributed by atoms with E-state index in [9.17, 15) is 18.0 Å². The summed E-state index contributed by atoms with van der Waals surface area (Å²) in [7, 11) is -3.56. The normalized spacial score (nSPS) is 18.3. The zero-order valence-electron chi connectivity index (χ0n) is 19.6. The number of fused-ring (bicyclic) bond motifs is 1. The lowest BCUT2D eigenvalue weighted by molar-refractivity contribution is -0.116. The molecule has 0 aliphatic carbocycles. The second-order valence-corrected chi connectivity index (χ2v) is 11.7. The van der Waals surface area contributed by atoms with Gasteiger partial charge < -0.3 is 20.9 Å². The molecule has 4 rings (SSSR count). The number of hydrogen-bond acceptors (Lipinski definition) is 6. The zero-order chi connectivity index (χ0) is 24.8. The van der Waals surface area contributed by atoms with Crippen LogP contribution in [-0.2, 0) is 20.4 Å². The molecule has 10 heteroatoms. The molecule has 35 heavy (non-hydrogen) atoms. The SMILES string of the molecule is O=C(NCCCN1CCCCC1)c1ccc2c(c1)NC(=O)[C@H](CS(=O)(=O)Cc1ccc(Cl)cc1)N2. The first kappa shape index (κ1) is 25.5. The summed E-state index contributed by atoms with van der Waals surface area (Å²) >= 11 is 5.86. The van der Waals surface area contributed by atoms with Gasteiger partial charge in [-0.3, -0.25) is 9.59 Å². The minimum absolute atomic E-state index is 0.181. The maximum atomic E-state index is 12.7. The van der Waals surface area contributed by atoms with E-state index in [1.807, 2.05) is 0 Å². The van der Waals surface area contributed by atoms with Crippen LogP contribution in [0, 0.1) is 0 Å². The Kier molecular flexibility index (Phi) is 8.30. The van der Waals surface area contributed by atoms with Crippen LogP contribution >= 0.6 is 11.6 Å². The van der Waals surface area contributed by atoms with Gasteiger partial charge in [-0.1, -0.05) is 30.2 Å². The van der Waals surface area contributed by atoms with E-state index >= 15 is 0 Å². The van der Waals surface area contributed by atoms with Gasteiger partial charge in [0.2, 0.25) is 5.91 Å². The number of nitrogens with one attached hydrogen (secondary N) is 3. The minimum Gasteiger partial charge on any atom is -0.371 e. The van der Waals surface area contributed by atoms with Crippen molar-refractivity contribution in [3.05, 3.63) is 58.6 Å². The average Bonchev–Trinajstić information content (AvgIpc) is 2.83. The Morgan fingerprint density at radius 2 is 1.80 bits per heavy atom. The second-order valence-electron chi connectivity index (χ2n) is 9.14. The number of benzene rings is 2. The van der Waals surface area contributed by atoms with E-state index in [1.165, 1.54) is 19.3 Å². The van der Waals surface area contributed by atoms with Gasteiger partial charge in [0.05, 0.1) is 22.9 Å². The Labute approximate surface area is 211 Å². The summed E-state index contributed by atoms with van der Waals surface area (Å²) in [4.78, 5) is 27.6. The fourth-order valence-electron chi connectivity index (χ4n) is 4.44. The molecule has 2 amide bonds. The van der Waals surface area contributed by atoms with E-state index < -0.39 is 21.8 Å². The number of carbonyl (C=O) groups is 2. The number of anilines is 2. The fourth-order valence-corrected chi connectivity index (χ4v) is 6.13. The quantitative estimate of drug-likeness (QED) is 0.440. The largest absolute Gasteiger partial charge is 0.371 e. The number of rotatable bonds is 9. The average molecular weight is 519 g/mol. The third-order valence-corrected chi connectivity index (χ3v) is 8.16. The summed E-state index contributed by atoms with van der Waals surface area (Å²) in [5.41, 5.74) is 2.09. The number of hydrogen-bond donors (Lipinski definition) is 3. The maximum Gasteiger partial charge on any atom is 0.251 e. The molecule has 2 heterocycles. The first-order chi connectivity index (χ1) is 16.8. The van der Waals surface area contributed by atoms with Crippen LogP contribution in [-0.4, -0.2) is 63.1 Å². The van der Waals surface area contributed by atoms with E-state index in [2.05, 4.69) is 20.9 Å². The number of amides is 2. The van der Waals surface area contributed by atoms with Gasteiger partial charge >= 0.3 is 0 Å². The zero-order valence-corrected chi connectivity index (χ0v) is 21.1. The summed E-state index contributed by atoms with van der Waals surface area (Å²) in [5, 5.41) is 9.21. The second kappa shape index (κ2) is 11.4. The number of likely N-dealkylation sites (tertiary alicyclic amines) is 1. The van der Waals surface area contributed by atoms with Crippen molar-refractivity contribution in [3.8, 4) is 0 Å². The first-order valence-electron chi connectivity index (χ1n) is 12.0. The highest BCUT2D eigenvalue weighted by Crippen LogP contribution is 2.28. The molecule has 0 spiro atoms. The van der Waals surface area contributed by atoms with Gasteiger partial charge in [-0.2, -0.15) is 0 Å². The number of nitrogens with zero attached hydrogens (tertiary/aromatic N) is 1. The van der Waals surface area contributed by atoms with Gasteiger partial charge in [-0.05, 0) is 74.8 Å². The third kappa shape index (κ3) is 7.19. The van der Waals surface area contributed by atoms with Crippen molar-refractivity contribution in [2.45, 2.75) is 37.5 Å². The summed E-state index contributed by atoms with van der Waals surface area (Å²) in [5.74, 6) is -1.18. The Hall–Kier alpha value is -2.62. The lowest BCUT2D eigenvalue weighted by Gasteiger charge is -2.27. The number of sulfone groups is 1. The van der Waals surface area contributed by atoms with E-state index in [0.29, 0.717) is 34.1 Å². The van der Waals surface area contributed by atoms with Gasteiger partial charge in [-0.15, -0.1) is 0 Å². The molecule has 3 N–H and O–H groups in total. The molecule has 1 atom stereocenters. The predicted octanol–water partition coefficient (Wildman–Crippen LogP) is 3.29. The third-order valence-electron chi connectivity index (χ3n) is 6.29. The lowest BCUT2D eigenvalue weighted by atomic mass is 10.1. The van der Waals surface area contributed by atoms with Crippen LogP contribution in [0.25, 0.3) is 0 Å². The molecule has 2 aliphatic rings. The highest BCUT2D eigenvalue weighted by atomic mass is 35.5. The van der Waals surface area contributed by atoms with Gasteiger partial charge in [0.1, 0.15) is 6.04 Å². The number of halogens is 1. The molecule has 2 aromatic carbocycles. The summed E-state index contributed by atoms with van der Waals surface area (Å²) in [6.07, 6.45) is 4.69. The first-order valence-corrected chi connectivity index (χ1v) is 14.2. The van der Waals surface area contributed by atoms with Crippen LogP contribution in [0.3, 0.4) is 0 Å². The van der Waals surface area contributed by atoms with Crippen LogP contribution in [0.15, 0.2) is 42.5 Å². The molecule has 0 radical (unpaired) electrons. The summed E-state index contributed by atoms with van der Waals surface area (Å²) in [6.45, 7) is 3.83. The van der Waals surface area contributed by atoms with Gasteiger partial charge in [0.15, 0.2) is 9.84 Å².